The van der Waals surface area contributed by atoms with Gasteiger partial charge in [-0.2, -0.15) is 13.2 Å². The van der Waals surface area contributed by atoms with Crippen LogP contribution in [0.4, 0.5) is 18.9 Å². The van der Waals surface area contributed by atoms with Crippen LogP contribution >= 0.6 is 0 Å². The Labute approximate surface area is 120 Å². The second-order valence-electron chi connectivity index (χ2n) is 4.90. The molecule has 1 aromatic rings. The number of anilines is 1. The summed E-state index contributed by atoms with van der Waals surface area (Å²) in [6, 6.07) is 3.42. The number of allylic oxidation sites excluding steroid dienone is 1. The molecule has 0 saturated carbocycles. The van der Waals surface area contributed by atoms with Crippen LogP contribution < -0.4 is 5.32 Å². The van der Waals surface area contributed by atoms with Gasteiger partial charge in [0.25, 0.3) is 0 Å². The Bertz CT molecular complexity index is 591. The summed E-state index contributed by atoms with van der Waals surface area (Å²) in [6.45, 7) is 2.26. The second-order valence-corrected chi connectivity index (χ2v) is 4.90. The Morgan fingerprint density at radius 3 is 2.67 bits per heavy atom. The number of carboxylic acid groups (broad SMARTS) is 1. The van der Waals surface area contributed by atoms with Crippen LogP contribution in [0.3, 0.4) is 0 Å². The molecule has 1 aromatic carbocycles. The van der Waals surface area contributed by atoms with Gasteiger partial charge in [0.15, 0.2) is 0 Å². The van der Waals surface area contributed by atoms with Crippen LogP contribution in [0, 0.1) is 0 Å². The molecule has 0 radical (unpaired) electrons. The second kappa shape index (κ2) is 5.79. The van der Waals surface area contributed by atoms with E-state index in [4.69, 9.17) is 0 Å². The highest BCUT2D eigenvalue weighted by molar-refractivity contribution is 5.98. The average molecular weight is 299 g/mol. The van der Waals surface area contributed by atoms with Crippen molar-refractivity contribution < 1.29 is 23.1 Å². The summed E-state index contributed by atoms with van der Waals surface area (Å²) in [6.07, 6.45) is -2.85. The van der Waals surface area contributed by atoms with Crippen molar-refractivity contribution in [1.82, 2.24) is 0 Å². The number of carboxylic acids is 1. The molecule has 3 nitrogen and oxygen atoms in total. The average Bonchev–Trinajstić information content (AvgIpc) is 2.60. The highest BCUT2D eigenvalue weighted by Gasteiger charge is 2.31. The zero-order valence-electron chi connectivity index (χ0n) is 11.5. The molecular formula is C15H16F3NO2. The summed E-state index contributed by atoms with van der Waals surface area (Å²) < 4.78 is 38.3. The normalized spacial score (nSPS) is 17.5. The summed E-state index contributed by atoms with van der Waals surface area (Å²) in [5, 5.41) is 12.2. The molecule has 0 spiro atoms. The zero-order valence-corrected chi connectivity index (χ0v) is 11.5. The predicted octanol–water partition coefficient (Wildman–Crippen LogP) is 4.16. The standard InChI is InChI=1S/C15H16F3NO2/c1-2-10(14(20)21)11-4-3-7-19-13-8-9(15(16,17)18)5-6-12(11)13/h5-6,8,19H,2-4,7H2,1H3,(H,20,21)/b11-10+. The molecule has 2 N–H and O–H groups in total. The predicted molar refractivity (Wildman–Crippen MR) is 74.0 cm³/mol. The number of alkyl halides is 3. The lowest BCUT2D eigenvalue weighted by Gasteiger charge is -2.15. The molecule has 2 rings (SSSR count). The SMILES string of the molecule is CC/C(C(=O)O)=C1/CCCNc2cc(C(F)(F)F)ccc21. The van der Waals surface area contributed by atoms with Crippen LogP contribution in [-0.4, -0.2) is 17.6 Å². The van der Waals surface area contributed by atoms with Crippen LogP contribution in [-0.2, 0) is 11.0 Å². The molecule has 1 aliphatic rings. The number of rotatable bonds is 2. The molecule has 114 valence electrons. The van der Waals surface area contributed by atoms with Crippen LogP contribution in [0.25, 0.3) is 5.57 Å². The van der Waals surface area contributed by atoms with Crippen molar-refractivity contribution in [2.75, 3.05) is 11.9 Å². The van der Waals surface area contributed by atoms with Gasteiger partial charge in [-0.1, -0.05) is 13.0 Å². The number of nitrogens with one attached hydrogen (secondary N) is 1. The molecule has 0 amide bonds. The van der Waals surface area contributed by atoms with Crippen molar-refractivity contribution in [3.05, 3.63) is 34.9 Å². The van der Waals surface area contributed by atoms with Gasteiger partial charge >= 0.3 is 12.1 Å². The molecule has 1 heterocycles. The molecule has 0 unspecified atom stereocenters. The van der Waals surface area contributed by atoms with Crippen LogP contribution in [0.15, 0.2) is 23.8 Å². The quantitative estimate of drug-likeness (QED) is 0.806. The van der Waals surface area contributed by atoms with Crippen LogP contribution in [0.5, 0.6) is 0 Å². The van der Waals surface area contributed by atoms with Gasteiger partial charge in [-0.25, -0.2) is 4.79 Å². The largest absolute Gasteiger partial charge is 0.478 e. The minimum atomic E-state index is -4.41. The molecule has 1 aliphatic heterocycles. The Morgan fingerprint density at radius 1 is 1.38 bits per heavy atom. The van der Waals surface area contributed by atoms with Crippen molar-refractivity contribution in [2.24, 2.45) is 0 Å². The summed E-state index contributed by atoms with van der Waals surface area (Å²) >= 11 is 0. The van der Waals surface area contributed by atoms with Gasteiger partial charge in [0.1, 0.15) is 0 Å². The number of hydrogen-bond acceptors (Lipinski definition) is 2. The van der Waals surface area contributed by atoms with E-state index in [1.165, 1.54) is 6.07 Å². The number of carbonyl (C=O) groups is 1. The zero-order chi connectivity index (χ0) is 15.6. The van der Waals surface area contributed by atoms with Gasteiger partial charge < -0.3 is 10.4 Å². The number of hydrogen-bond donors (Lipinski definition) is 2. The third kappa shape index (κ3) is 3.20. The van der Waals surface area contributed by atoms with Gasteiger partial charge in [0, 0.05) is 23.4 Å². The first-order valence-corrected chi connectivity index (χ1v) is 6.75. The van der Waals surface area contributed by atoms with Crippen molar-refractivity contribution in [3.63, 3.8) is 0 Å². The maximum absolute atomic E-state index is 12.8. The topological polar surface area (TPSA) is 49.3 Å². The molecule has 21 heavy (non-hydrogen) atoms. The van der Waals surface area contributed by atoms with Crippen molar-refractivity contribution in [1.29, 1.82) is 0 Å². The van der Waals surface area contributed by atoms with Crippen molar-refractivity contribution in [3.8, 4) is 0 Å². The van der Waals surface area contributed by atoms with Gasteiger partial charge in [-0.15, -0.1) is 0 Å². The van der Waals surface area contributed by atoms with Gasteiger partial charge in [-0.05, 0) is 37.0 Å². The smallest absolute Gasteiger partial charge is 0.416 e. The molecule has 0 aliphatic carbocycles. The van der Waals surface area contributed by atoms with Gasteiger partial charge in [-0.3, -0.25) is 0 Å². The van der Waals surface area contributed by atoms with E-state index in [9.17, 15) is 23.1 Å². The molecular weight excluding hydrogens is 283 g/mol. The summed E-state index contributed by atoms with van der Waals surface area (Å²) in [5.41, 5.74) is 1.06. The minimum absolute atomic E-state index is 0.264. The maximum atomic E-state index is 12.8. The summed E-state index contributed by atoms with van der Waals surface area (Å²) in [4.78, 5) is 11.3. The molecule has 0 bridgehead atoms. The number of benzene rings is 1. The fourth-order valence-electron chi connectivity index (χ4n) is 2.56. The summed E-state index contributed by atoms with van der Waals surface area (Å²) in [7, 11) is 0. The van der Waals surface area contributed by atoms with Gasteiger partial charge in [0.05, 0.1) is 5.56 Å². The summed E-state index contributed by atoms with van der Waals surface area (Å²) in [5.74, 6) is -1.01. The number of fused-ring (bicyclic) bond motifs is 1. The lowest BCUT2D eigenvalue weighted by Crippen LogP contribution is -2.08. The molecule has 6 heteroatoms. The Morgan fingerprint density at radius 2 is 2.10 bits per heavy atom. The fraction of sp³-hybridized carbons (Fsp3) is 0.400. The number of aliphatic carboxylic acids is 1. The third-order valence-corrected chi connectivity index (χ3v) is 3.57. The van der Waals surface area contributed by atoms with Crippen LogP contribution in [0.2, 0.25) is 0 Å². The Kier molecular flexibility index (Phi) is 4.25. The molecule has 0 atom stereocenters. The highest BCUT2D eigenvalue weighted by atomic mass is 19.4. The van der Waals surface area contributed by atoms with Crippen LogP contribution in [0.1, 0.15) is 37.3 Å². The van der Waals surface area contributed by atoms with E-state index >= 15 is 0 Å². The first-order valence-electron chi connectivity index (χ1n) is 6.75. The first-order chi connectivity index (χ1) is 9.84. The Balaban J connectivity index is 2.60. The van der Waals surface area contributed by atoms with E-state index in [1.807, 2.05) is 0 Å². The van der Waals surface area contributed by atoms with E-state index in [-0.39, 0.29) is 5.57 Å². The van der Waals surface area contributed by atoms with Crippen molar-refractivity contribution in [2.45, 2.75) is 32.4 Å². The number of halogens is 3. The van der Waals surface area contributed by atoms with E-state index in [0.717, 1.165) is 12.1 Å². The van der Waals surface area contributed by atoms with E-state index in [2.05, 4.69) is 5.32 Å². The molecule has 0 saturated heterocycles. The highest BCUT2D eigenvalue weighted by Crippen LogP contribution is 2.38. The maximum Gasteiger partial charge on any atom is 0.416 e. The molecule has 0 fully saturated rings. The monoisotopic (exact) mass is 299 g/mol. The van der Waals surface area contributed by atoms with Gasteiger partial charge in [0.2, 0.25) is 0 Å². The lowest BCUT2D eigenvalue weighted by molar-refractivity contribution is -0.137. The van der Waals surface area contributed by atoms with E-state index < -0.39 is 17.7 Å². The molecule has 0 aromatic heterocycles. The minimum Gasteiger partial charge on any atom is -0.478 e. The van der Waals surface area contributed by atoms with E-state index in [0.29, 0.717) is 42.6 Å². The van der Waals surface area contributed by atoms with Crippen molar-refractivity contribution >= 4 is 17.2 Å². The Hall–Kier alpha value is -1.98. The first kappa shape index (κ1) is 15.4. The third-order valence-electron chi connectivity index (χ3n) is 3.57. The van der Waals surface area contributed by atoms with E-state index in [1.54, 1.807) is 6.92 Å². The fourth-order valence-corrected chi connectivity index (χ4v) is 2.56. The lowest BCUT2D eigenvalue weighted by atomic mass is 9.93.